The van der Waals surface area contributed by atoms with E-state index in [1.165, 1.54) is 12.8 Å². The fourth-order valence-electron chi connectivity index (χ4n) is 1.19. The van der Waals surface area contributed by atoms with E-state index in [2.05, 4.69) is 0 Å². The van der Waals surface area contributed by atoms with Crippen LogP contribution in [0.2, 0.25) is 0 Å². The van der Waals surface area contributed by atoms with Gasteiger partial charge in [0.2, 0.25) is 0 Å². The molecule has 0 aromatic rings. The maximum absolute atomic E-state index is 5.65. The summed E-state index contributed by atoms with van der Waals surface area (Å²) in [6.07, 6.45) is 4.80. The molecule has 0 bridgehead atoms. The zero-order chi connectivity index (χ0) is 5.98. The van der Waals surface area contributed by atoms with Crippen molar-refractivity contribution in [2.45, 2.75) is 37.8 Å². The second-order valence-electron chi connectivity index (χ2n) is 2.61. The standard InChI is InChI=1S/C6H14N2.2H2O.Pt/c7-5-3-1-2-4-6(5)8;;;/h5-6H,1-4,7-8H2;2*1H2;/q;;;+2/t5-,6-;;;/m1.../s1. The van der Waals surface area contributed by atoms with Gasteiger partial charge >= 0.3 is 21.1 Å². The predicted octanol–water partition coefficient (Wildman–Crippen LogP) is -1.44. The molecule has 1 aliphatic rings. The zero-order valence-corrected chi connectivity index (χ0v) is 8.73. The summed E-state index contributed by atoms with van der Waals surface area (Å²) >= 11 is 0. The molecule has 4 nitrogen and oxygen atoms in total. The predicted molar refractivity (Wildman–Crippen MR) is 41.6 cm³/mol. The van der Waals surface area contributed by atoms with Crippen molar-refractivity contribution in [2.24, 2.45) is 11.5 Å². The number of hydrogen-bond donors (Lipinski definition) is 2. The second kappa shape index (κ2) is 8.62. The van der Waals surface area contributed by atoms with Crippen molar-refractivity contribution in [3.63, 3.8) is 0 Å². The van der Waals surface area contributed by atoms with Gasteiger partial charge in [-0.05, 0) is 12.8 Å². The van der Waals surface area contributed by atoms with Crippen molar-refractivity contribution in [2.75, 3.05) is 0 Å². The van der Waals surface area contributed by atoms with Gasteiger partial charge in [0.25, 0.3) is 0 Å². The smallest absolute Gasteiger partial charge is 0.412 e. The molecule has 0 aromatic heterocycles. The average molecular weight is 345 g/mol. The van der Waals surface area contributed by atoms with Crippen LogP contribution in [0.1, 0.15) is 25.7 Å². The van der Waals surface area contributed by atoms with Crippen molar-refractivity contribution >= 4 is 0 Å². The van der Waals surface area contributed by atoms with E-state index in [4.69, 9.17) is 11.5 Å². The summed E-state index contributed by atoms with van der Waals surface area (Å²) in [5.74, 6) is 0. The van der Waals surface area contributed by atoms with Gasteiger partial charge in [0.05, 0.1) is 0 Å². The minimum Gasteiger partial charge on any atom is -0.412 e. The largest absolute Gasteiger partial charge is 2.00 e. The van der Waals surface area contributed by atoms with E-state index in [1.807, 2.05) is 0 Å². The van der Waals surface area contributed by atoms with Gasteiger partial charge in [-0.15, -0.1) is 0 Å². The summed E-state index contributed by atoms with van der Waals surface area (Å²) in [5, 5.41) is 0. The van der Waals surface area contributed by atoms with Gasteiger partial charge in [-0.3, -0.25) is 0 Å². The van der Waals surface area contributed by atoms with Crippen molar-refractivity contribution in [3.8, 4) is 0 Å². The summed E-state index contributed by atoms with van der Waals surface area (Å²) < 4.78 is 0. The molecule has 0 heterocycles. The fourth-order valence-corrected chi connectivity index (χ4v) is 1.19. The Morgan fingerprint density at radius 3 is 1.27 bits per heavy atom. The molecule has 1 fully saturated rings. The molecule has 2 atom stereocenters. The zero-order valence-electron chi connectivity index (χ0n) is 6.45. The summed E-state index contributed by atoms with van der Waals surface area (Å²) in [5.41, 5.74) is 11.3. The van der Waals surface area contributed by atoms with Crippen LogP contribution in [0.15, 0.2) is 0 Å². The van der Waals surface area contributed by atoms with Gasteiger partial charge in [-0.25, -0.2) is 0 Å². The minimum atomic E-state index is 0. The molecule has 1 saturated carbocycles. The molecule has 0 aliphatic heterocycles. The Bertz CT molecular complexity index is 75.0. The van der Waals surface area contributed by atoms with Crippen LogP contribution in [0, 0.1) is 0 Å². The van der Waals surface area contributed by atoms with E-state index in [9.17, 15) is 0 Å². The van der Waals surface area contributed by atoms with Gasteiger partial charge in [-0.2, -0.15) is 0 Å². The monoisotopic (exact) mass is 345 g/mol. The van der Waals surface area contributed by atoms with Crippen LogP contribution in [-0.4, -0.2) is 23.0 Å². The van der Waals surface area contributed by atoms with Crippen LogP contribution in [0.3, 0.4) is 0 Å². The van der Waals surface area contributed by atoms with Crippen LogP contribution in [0.5, 0.6) is 0 Å². The Hall–Kier alpha value is 0.528. The van der Waals surface area contributed by atoms with E-state index >= 15 is 0 Å². The van der Waals surface area contributed by atoms with Gasteiger partial charge in [0.15, 0.2) is 0 Å². The SMILES string of the molecule is N[C@@H]1CCCC[C@H]1N.O.O.[Pt+2]. The molecule has 1 rings (SSSR count). The molecular formula is C6H18N2O2Pt+2. The maximum atomic E-state index is 5.65. The topological polar surface area (TPSA) is 115 Å². The van der Waals surface area contributed by atoms with Gasteiger partial charge in [0.1, 0.15) is 0 Å². The fraction of sp³-hybridized carbons (Fsp3) is 1.00. The number of nitrogens with two attached hydrogens (primary N) is 2. The maximum Gasteiger partial charge on any atom is 2.00 e. The molecule has 0 aromatic carbocycles. The Morgan fingerprint density at radius 1 is 0.818 bits per heavy atom. The minimum absolute atomic E-state index is 0. The van der Waals surface area contributed by atoms with Crippen LogP contribution in [-0.2, 0) is 21.1 Å². The third-order valence-corrected chi connectivity index (χ3v) is 1.87. The molecule has 0 saturated heterocycles. The van der Waals surface area contributed by atoms with E-state index in [-0.39, 0.29) is 44.1 Å². The summed E-state index contributed by atoms with van der Waals surface area (Å²) in [4.78, 5) is 0. The molecule has 8 N–H and O–H groups in total. The van der Waals surface area contributed by atoms with Crippen LogP contribution in [0.25, 0.3) is 0 Å². The molecule has 0 amide bonds. The third kappa shape index (κ3) is 5.76. The second-order valence-corrected chi connectivity index (χ2v) is 2.61. The third-order valence-electron chi connectivity index (χ3n) is 1.87. The van der Waals surface area contributed by atoms with E-state index in [1.54, 1.807) is 0 Å². The van der Waals surface area contributed by atoms with E-state index < -0.39 is 0 Å². The molecule has 72 valence electrons. The number of hydrogen-bond acceptors (Lipinski definition) is 2. The average Bonchev–Trinajstić information content (AvgIpc) is 1.77. The first-order valence-corrected chi connectivity index (χ1v) is 3.32. The Morgan fingerprint density at radius 2 is 1.09 bits per heavy atom. The molecule has 1 aliphatic carbocycles. The molecule has 11 heavy (non-hydrogen) atoms. The van der Waals surface area contributed by atoms with Crippen molar-refractivity contribution in [1.29, 1.82) is 0 Å². The quantitative estimate of drug-likeness (QED) is 0.560. The molecule has 0 radical (unpaired) electrons. The Balaban J connectivity index is -0.000000213. The van der Waals surface area contributed by atoms with Gasteiger partial charge in [-0.1, -0.05) is 12.8 Å². The summed E-state index contributed by atoms with van der Waals surface area (Å²) in [7, 11) is 0. The first kappa shape index (κ1) is 17.6. The van der Waals surface area contributed by atoms with Crippen molar-refractivity contribution in [1.82, 2.24) is 0 Å². The normalized spacial score (nSPS) is 28.9. The van der Waals surface area contributed by atoms with E-state index in [0.29, 0.717) is 0 Å². The first-order valence-electron chi connectivity index (χ1n) is 3.32. The molecular weight excluding hydrogens is 327 g/mol. The van der Waals surface area contributed by atoms with Crippen molar-refractivity contribution < 1.29 is 32.0 Å². The first-order chi connectivity index (χ1) is 3.80. The molecule has 5 heteroatoms. The summed E-state index contributed by atoms with van der Waals surface area (Å²) in [6, 6.07) is 0.562. The Kier molecular flexibility index (Phi) is 13.8. The molecule has 0 spiro atoms. The van der Waals surface area contributed by atoms with Crippen molar-refractivity contribution in [3.05, 3.63) is 0 Å². The van der Waals surface area contributed by atoms with Crippen LogP contribution in [0.4, 0.5) is 0 Å². The van der Waals surface area contributed by atoms with E-state index in [0.717, 1.165) is 12.8 Å². The Labute approximate surface area is 81.6 Å². The van der Waals surface area contributed by atoms with Gasteiger partial charge < -0.3 is 22.4 Å². The van der Waals surface area contributed by atoms with Crippen LogP contribution < -0.4 is 11.5 Å². The number of rotatable bonds is 0. The summed E-state index contributed by atoms with van der Waals surface area (Å²) in [6.45, 7) is 0. The van der Waals surface area contributed by atoms with Crippen LogP contribution >= 0.6 is 0 Å². The molecule has 0 unspecified atom stereocenters. The van der Waals surface area contributed by atoms with Gasteiger partial charge in [0, 0.05) is 12.1 Å².